The molecule has 0 aromatic carbocycles. The van der Waals surface area contributed by atoms with Crippen molar-refractivity contribution in [2.45, 2.75) is 10.9 Å². The first kappa shape index (κ1) is 11.4. The van der Waals surface area contributed by atoms with Crippen LogP contribution in [0.3, 0.4) is 0 Å². The normalized spacial score (nSPS) is 9.75. The highest BCUT2D eigenvalue weighted by molar-refractivity contribution is 6.49. The van der Waals surface area contributed by atoms with Crippen LogP contribution in [0.15, 0.2) is 12.8 Å². The van der Waals surface area contributed by atoms with E-state index in [0.717, 1.165) is 6.26 Å². The SMILES string of the molecule is C=CO[Si](=O)OC(Cl)(Cl)CC#N. The summed E-state index contributed by atoms with van der Waals surface area (Å²) in [6, 6.07) is 1.66. The van der Waals surface area contributed by atoms with E-state index in [9.17, 15) is 4.46 Å². The predicted molar refractivity (Wildman–Crippen MR) is 43.5 cm³/mol. The van der Waals surface area contributed by atoms with Crippen LogP contribution in [-0.4, -0.2) is 13.7 Å². The van der Waals surface area contributed by atoms with Gasteiger partial charge in [-0.3, -0.25) is 4.46 Å². The van der Waals surface area contributed by atoms with E-state index in [-0.39, 0.29) is 6.42 Å². The molecule has 0 aliphatic rings. The number of rotatable bonds is 5. The van der Waals surface area contributed by atoms with Gasteiger partial charge in [0.15, 0.2) is 0 Å². The Kier molecular flexibility index (Phi) is 4.89. The Bertz CT molecular complexity index is 225. The summed E-state index contributed by atoms with van der Waals surface area (Å²) in [6.45, 7) is 3.15. The largest absolute Gasteiger partial charge is 0.774 e. The molecule has 0 saturated carbocycles. The van der Waals surface area contributed by atoms with Gasteiger partial charge in [-0.2, -0.15) is 5.26 Å². The number of hydrogen-bond acceptors (Lipinski definition) is 4. The van der Waals surface area contributed by atoms with Crippen LogP contribution in [0.5, 0.6) is 0 Å². The van der Waals surface area contributed by atoms with Crippen LogP contribution >= 0.6 is 23.2 Å². The molecule has 0 aromatic heterocycles. The van der Waals surface area contributed by atoms with E-state index in [1.54, 1.807) is 6.07 Å². The first-order valence-corrected chi connectivity index (χ1v) is 4.75. The van der Waals surface area contributed by atoms with E-state index in [1.807, 2.05) is 0 Å². The maximum absolute atomic E-state index is 10.7. The molecule has 66 valence electrons. The van der Waals surface area contributed by atoms with Crippen LogP contribution in [-0.2, 0) is 13.3 Å². The molecule has 4 nitrogen and oxygen atoms in total. The predicted octanol–water partition coefficient (Wildman–Crippen LogP) is 1.62. The summed E-state index contributed by atoms with van der Waals surface area (Å²) in [5, 5.41) is 8.19. The second kappa shape index (κ2) is 5.14. The van der Waals surface area contributed by atoms with E-state index >= 15 is 0 Å². The molecule has 0 heterocycles. The lowest BCUT2D eigenvalue weighted by atomic mass is 10.5. The fraction of sp³-hybridized carbons (Fsp3) is 0.400. The quantitative estimate of drug-likeness (QED) is 0.406. The second-order valence-corrected chi connectivity index (χ2v) is 3.96. The summed E-state index contributed by atoms with van der Waals surface area (Å²) in [5.74, 6) is 0. The fourth-order valence-electron chi connectivity index (χ4n) is 0.342. The highest BCUT2D eigenvalue weighted by Gasteiger charge is 2.31. The van der Waals surface area contributed by atoms with Crippen LogP contribution in [0.25, 0.3) is 0 Å². The summed E-state index contributed by atoms with van der Waals surface area (Å²) in [5.41, 5.74) is 0. The Balaban J connectivity index is 3.97. The molecule has 0 aromatic rings. The number of alkyl halides is 2. The topological polar surface area (TPSA) is 59.3 Å². The van der Waals surface area contributed by atoms with Gasteiger partial charge in [0.1, 0.15) is 6.42 Å². The summed E-state index contributed by atoms with van der Waals surface area (Å²) in [4.78, 5) is 0. The molecular formula is C5H5Cl2NO3Si. The van der Waals surface area contributed by atoms with Gasteiger partial charge in [-0.05, 0) is 0 Å². The van der Waals surface area contributed by atoms with Gasteiger partial charge in [0.25, 0.3) is 4.52 Å². The molecule has 0 amide bonds. The average Bonchev–Trinajstić information content (AvgIpc) is 1.85. The van der Waals surface area contributed by atoms with E-state index in [2.05, 4.69) is 15.4 Å². The van der Waals surface area contributed by atoms with Gasteiger partial charge in [-0.25, -0.2) is 0 Å². The third-order valence-corrected chi connectivity index (χ3v) is 2.25. The number of hydrogen-bond donors (Lipinski definition) is 0. The maximum Gasteiger partial charge on any atom is 0.774 e. The standard InChI is InChI=1S/C5H5Cl2NO3Si/c1-2-10-12(9)11-5(6,7)3-4-8/h2H,1,3H2. The third-order valence-electron chi connectivity index (χ3n) is 0.697. The fourth-order valence-corrected chi connectivity index (χ4v) is 1.34. The smallest absolute Gasteiger partial charge is 0.467 e. The van der Waals surface area contributed by atoms with Gasteiger partial charge >= 0.3 is 9.17 Å². The molecule has 0 saturated heterocycles. The molecule has 0 fully saturated rings. The summed E-state index contributed by atoms with van der Waals surface area (Å²) in [7, 11) is -2.80. The molecule has 7 heteroatoms. The van der Waals surface area contributed by atoms with E-state index in [4.69, 9.17) is 28.5 Å². The molecule has 0 N–H and O–H groups in total. The van der Waals surface area contributed by atoms with Crippen molar-refractivity contribution in [1.82, 2.24) is 0 Å². The lowest BCUT2D eigenvalue weighted by molar-refractivity contribution is 0.169. The average molecular weight is 226 g/mol. The number of nitriles is 1. The Hall–Kier alpha value is -0.573. The summed E-state index contributed by atoms with van der Waals surface area (Å²) >= 11 is 10.8. The zero-order chi connectivity index (χ0) is 9.61. The molecular weight excluding hydrogens is 221 g/mol. The zero-order valence-corrected chi connectivity index (χ0v) is 8.43. The third kappa shape index (κ3) is 5.13. The van der Waals surface area contributed by atoms with Gasteiger partial charge in [0, 0.05) is 0 Å². The van der Waals surface area contributed by atoms with Crippen molar-refractivity contribution in [3.8, 4) is 6.07 Å². The Morgan fingerprint density at radius 1 is 1.75 bits per heavy atom. The van der Waals surface area contributed by atoms with Crippen LogP contribution in [0.4, 0.5) is 0 Å². The van der Waals surface area contributed by atoms with Crippen molar-refractivity contribution < 1.29 is 13.3 Å². The molecule has 0 aliphatic heterocycles. The lowest BCUT2D eigenvalue weighted by Crippen LogP contribution is -2.24. The van der Waals surface area contributed by atoms with Crippen molar-refractivity contribution in [2.24, 2.45) is 0 Å². The molecule has 0 atom stereocenters. The zero-order valence-electron chi connectivity index (χ0n) is 5.92. The Morgan fingerprint density at radius 2 is 2.33 bits per heavy atom. The van der Waals surface area contributed by atoms with Crippen molar-refractivity contribution >= 4 is 32.4 Å². The van der Waals surface area contributed by atoms with Crippen molar-refractivity contribution in [1.29, 1.82) is 5.26 Å². The second-order valence-electron chi connectivity index (χ2n) is 1.61. The molecule has 0 rings (SSSR count). The summed E-state index contributed by atoms with van der Waals surface area (Å²) < 4.78 is 17.8. The molecule has 0 bridgehead atoms. The molecule has 0 radical (unpaired) electrons. The van der Waals surface area contributed by atoms with Gasteiger partial charge in [-0.15, -0.1) is 0 Å². The Labute approximate surface area is 81.2 Å². The Morgan fingerprint density at radius 3 is 2.75 bits per heavy atom. The van der Waals surface area contributed by atoms with E-state index in [0.29, 0.717) is 0 Å². The first-order chi connectivity index (χ1) is 5.52. The minimum Gasteiger partial charge on any atom is -0.467 e. The van der Waals surface area contributed by atoms with Crippen LogP contribution < -0.4 is 0 Å². The lowest BCUT2D eigenvalue weighted by Gasteiger charge is -2.15. The van der Waals surface area contributed by atoms with Crippen LogP contribution in [0.1, 0.15) is 6.42 Å². The minimum atomic E-state index is -2.80. The van der Waals surface area contributed by atoms with Gasteiger partial charge in [0.2, 0.25) is 0 Å². The van der Waals surface area contributed by atoms with Crippen LogP contribution in [0, 0.1) is 11.3 Å². The van der Waals surface area contributed by atoms with Crippen molar-refractivity contribution in [3.05, 3.63) is 12.8 Å². The van der Waals surface area contributed by atoms with Crippen LogP contribution in [0.2, 0.25) is 0 Å². The van der Waals surface area contributed by atoms with Crippen molar-refractivity contribution in [3.63, 3.8) is 0 Å². The van der Waals surface area contributed by atoms with Gasteiger partial charge in [-0.1, -0.05) is 29.8 Å². The van der Waals surface area contributed by atoms with E-state index in [1.165, 1.54) is 0 Å². The maximum atomic E-state index is 10.7. The monoisotopic (exact) mass is 225 g/mol. The number of halogens is 2. The molecule has 0 spiro atoms. The van der Waals surface area contributed by atoms with Gasteiger partial charge < -0.3 is 8.85 Å². The molecule has 0 unspecified atom stereocenters. The number of nitrogens with zero attached hydrogens (tertiary/aromatic N) is 1. The minimum absolute atomic E-state index is 0.299. The highest BCUT2D eigenvalue weighted by atomic mass is 35.5. The summed E-state index contributed by atoms with van der Waals surface area (Å²) in [6.07, 6.45) is 0.643. The molecule has 12 heavy (non-hydrogen) atoms. The van der Waals surface area contributed by atoms with Crippen molar-refractivity contribution in [2.75, 3.05) is 0 Å². The first-order valence-electron chi connectivity index (χ1n) is 2.77. The van der Waals surface area contributed by atoms with Gasteiger partial charge in [0.05, 0.1) is 12.3 Å². The molecule has 0 aliphatic carbocycles. The van der Waals surface area contributed by atoms with E-state index < -0.39 is 13.7 Å². The highest BCUT2D eigenvalue weighted by Crippen LogP contribution is 2.26.